The average molecular weight is 255 g/mol. The van der Waals surface area contributed by atoms with E-state index in [-0.39, 0.29) is 23.6 Å². The number of methoxy groups -OCH3 is 1. The summed E-state index contributed by atoms with van der Waals surface area (Å²) in [4.78, 5) is 16.8. The number of piperazine rings is 1. The first kappa shape index (κ1) is 13.8. The molecule has 2 atom stereocenters. The van der Waals surface area contributed by atoms with Crippen molar-refractivity contribution in [3.8, 4) is 0 Å². The summed E-state index contributed by atoms with van der Waals surface area (Å²) in [5.41, 5.74) is 0.0627. The summed E-state index contributed by atoms with van der Waals surface area (Å²) < 4.78 is 5.30. The van der Waals surface area contributed by atoms with Gasteiger partial charge in [-0.25, -0.2) is 0 Å². The highest BCUT2D eigenvalue weighted by atomic mass is 16.5. The largest absolute Gasteiger partial charge is 0.380 e. The zero-order chi connectivity index (χ0) is 13.3. The normalized spacial score (nSPS) is 32.8. The van der Waals surface area contributed by atoms with Crippen molar-refractivity contribution in [3.05, 3.63) is 0 Å². The summed E-state index contributed by atoms with van der Waals surface area (Å²) in [5.74, 6) is 0.232. The van der Waals surface area contributed by atoms with Gasteiger partial charge in [-0.2, -0.15) is 0 Å². The van der Waals surface area contributed by atoms with Gasteiger partial charge in [0.1, 0.15) is 0 Å². The molecule has 2 rings (SSSR count). The molecule has 1 N–H and O–H groups in total. The standard InChI is InChI=1S/C13H25N3O2/c1-13(2)9-16(6-5-15(13)3)12(17)11-7-10(18-4)8-14-11/h10-11,14H,5-9H2,1-4H3. The highest BCUT2D eigenvalue weighted by Crippen LogP contribution is 2.21. The minimum atomic E-state index is -0.0610. The fourth-order valence-electron chi connectivity index (χ4n) is 2.72. The molecular formula is C13H25N3O2. The van der Waals surface area contributed by atoms with Gasteiger partial charge in [-0.1, -0.05) is 0 Å². The van der Waals surface area contributed by atoms with Crippen molar-refractivity contribution >= 4 is 5.91 Å². The van der Waals surface area contributed by atoms with Crippen molar-refractivity contribution in [1.82, 2.24) is 15.1 Å². The zero-order valence-electron chi connectivity index (χ0n) is 11.9. The second kappa shape index (κ2) is 5.15. The third-order valence-corrected chi connectivity index (χ3v) is 4.35. The average Bonchev–Trinajstić information content (AvgIpc) is 2.80. The Morgan fingerprint density at radius 2 is 2.11 bits per heavy atom. The Morgan fingerprint density at radius 1 is 1.39 bits per heavy atom. The maximum atomic E-state index is 12.4. The molecule has 0 aromatic heterocycles. The van der Waals surface area contributed by atoms with Crippen LogP contribution in [0.15, 0.2) is 0 Å². The van der Waals surface area contributed by atoms with E-state index in [1.165, 1.54) is 0 Å². The first-order valence-corrected chi connectivity index (χ1v) is 6.70. The predicted octanol–water partition coefficient (Wildman–Crippen LogP) is -0.0841. The number of nitrogens with zero attached hydrogens (tertiary/aromatic N) is 2. The van der Waals surface area contributed by atoms with E-state index in [4.69, 9.17) is 4.74 Å². The highest BCUT2D eigenvalue weighted by molar-refractivity contribution is 5.82. The lowest BCUT2D eigenvalue weighted by Gasteiger charge is -2.45. The van der Waals surface area contributed by atoms with E-state index in [2.05, 4.69) is 31.1 Å². The molecule has 0 bridgehead atoms. The van der Waals surface area contributed by atoms with Crippen LogP contribution in [0.5, 0.6) is 0 Å². The van der Waals surface area contributed by atoms with Crippen LogP contribution in [-0.2, 0) is 9.53 Å². The lowest BCUT2D eigenvalue weighted by Crippen LogP contribution is -2.60. The molecule has 2 aliphatic rings. The molecule has 18 heavy (non-hydrogen) atoms. The van der Waals surface area contributed by atoms with Crippen LogP contribution in [0.25, 0.3) is 0 Å². The van der Waals surface area contributed by atoms with Crippen LogP contribution in [0.3, 0.4) is 0 Å². The molecule has 2 heterocycles. The molecule has 5 nitrogen and oxygen atoms in total. The molecule has 2 saturated heterocycles. The number of hydrogen-bond acceptors (Lipinski definition) is 4. The van der Waals surface area contributed by atoms with Gasteiger partial charge in [-0.3, -0.25) is 9.69 Å². The van der Waals surface area contributed by atoms with Crippen molar-refractivity contribution in [2.24, 2.45) is 0 Å². The molecule has 2 unspecified atom stereocenters. The second-order valence-corrected chi connectivity index (χ2v) is 6.05. The maximum absolute atomic E-state index is 12.4. The Kier molecular flexibility index (Phi) is 3.94. The Hall–Kier alpha value is -0.650. The number of amides is 1. The fourth-order valence-corrected chi connectivity index (χ4v) is 2.72. The van der Waals surface area contributed by atoms with Crippen LogP contribution in [0.1, 0.15) is 20.3 Å². The fraction of sp³-hybridized carbons (Fsp3) is 0.923. The summed E-state index contributed by atoms with van der Waals surface area (Å²) in [5, 5.41) is 3.26. The van der Waals surface area contributed by atoms with Crippen LogP contribution in [0.2, 0.25) is 0 Å². The van der Waals surface area contributed by atoms with Gasteiger partial charge in [0.15, 0.2) is 0 Å². The van der Waals surface area contributed by atoms with Gasteiger partial charge in [0.05, 0.1) is 12.1 Å². The SMILES string of the molecule is COC1CNC(C(=O)N2CCN(C)C(C)(C)C2)C1. The van der Waals surface area contributed by atoms with E-state index in [0.717, 1.165) is 32.6 Å². The third kappa shape index (κ3) is 2.68. The minimum Gasteiger partial charge on any atom is -0.380 e. The number of carbonyl (C=O) groups is 1. The van der Waals surface area contributed by atoms with Gasteiger partial charge in [0.2, 0.25) is 5.91 Å². The Labute approximate surface area is 109 Å². The summed E-state index contributed by atoms with van der Waals surface area (Å²) in [6, 6.07) is -0.0610. The van der Waals surface area contributed by atoms with Crippen molar-refractivity contribution < 1.29 is 9.53 Å². The van der Waals surface area contributed by atoms with Gasteiger partial charge in [0.25, 0.3) is 0 Å². The number of carbonyl (C=O) groups excluding carboxylic acids is 1. The number of ether oxygens (including phenoxy) is 1. The molecule has 1 amide bonds. The van der Waals surface area contributed by atoms with Gasteiger partial charge in [-0.15, -0.1) is 0 Å². The smallest absolute Gasteiger partial charge is 0.239 e. The molecule has 0 aliphatic carbocycles. The Bertz CT molecular complexity index is 319. The molecule has 104 valence electrons. The van der Waals surface area contributed by atoms with Gasteiger partial charge < -0.3 is 15.0 Å². The Morgan fingerprint density at radius 3 is 2.67 bits per heavy atom. The molecular weight excluding hydrogens is 230 g/mol. The van der Waals surface area contributed by atoms with Crippen molar-refractivity contribution in [2.45, 2.75) is 38.0 Å². The van der Waals surface area contributed by atoms with Crippen LogP contribution in [-0.4, -0.2) is 73.7 Å². The minimum absolute atomic E-state index is 0.0610. The van der Waals surface area contributed by atoms with E-state index in [0.29, 0.717) is 0 Å². The van der Waals surface area contributed by atoms with Gasteiger partial charge >= 0.3 is 0 Å². The predicted molar refractivity (Wildman–Crippen MR) is 70.5 cm³/mol. The lowest BCUT2D eigenvalue weighted by atomic mass is 9.99. The van der Waals surface area contributed by atoms with Crippen molar-refractivity contribution in [2.75, 3.05) is 40.3 Å². The first-order valence-electron chi connectivity index (χ1n) is 6.70. The van der Waals surface area contributed by atoms with Gasteiger partial charge in [0, 0.05) is 38.8 Å². The molecule has 0 saturated carbocycles. The molecule has 5 heteroatoms. The number of hydrogen-bond donors (Lipinski definition) is 1. The highest BCUT2D eigenvalue weighted by Gasteiger charge is 2.37. The quantitative estimate of drug-likeness (QED) is 0.749. The molecule has 0 aromatic carbocycles. The maximum Gasteiger partial charge on any atom is 0.239 e. The van der Waals surface area contributed by atoms with E-state index >= 15 is 0 Å². The van der Waals surface area contributed by atoms with E-state index in [9.17, 15) is 4.79 Å². The Balaban J connectivity index is 1.94. The van der Waals surface area contributed by atoms with Crippen LogP contribution < -0.4 is 5.32 Å². The van der Waals surface area contributed by atoms with E-state index < -0.39 is 0 Å². The van der Waals surface area contributed by atoms with E-state index in [1.807, 2.05) is 4.90 Å². The molecule has 0 aromatic rings. The van der Waals surface area contributed by atoms with Crippen molar-refractivity contribution in [1.29, 1.82) is 0 Å². The molecule has 2 fully saturated rings. The van der Waals surface area contributed by atoms with Crippen LogP contribution >= 0.6 is 0 Å². The summed E-state index contributed by atoms with van der Waals surface area (Å²) in [7, 11) is 3.83. The molecule has 0 spiro atoms. The van der Waals surface area contributed by atoms with Gasteiger partial charge in [-0.05, 0) is 27.3 Å². The monoisotopic (exact) mass is 255 g/mol. The third-order valence-electron chi connectivity index (χ3n) is 4.35. The molecule has 0 radical (unpaired) electrons. The number of likely N-dealkylation sites (N-methyl/N-ethyl adjacent to an activating group) is 1. The molecule has 2 aliphatic heterocycles. The lowest BCUT2D eigenvalue weighted by molar-refractivity contribution is -0.137. The van der Waals surface area contributed by atoms with Crippen LogP contribution in [0.4, 0.5) is 0 Å². The summed E-state index contributed by atoms with van der Waals surface area (Å²) in [6.45, 7) is 7.73. The summed E-state index contributed by atoms with van der Waals surface area (Å²) >= 11 is 0. The van der Waals surface area contributed by atoms with Crippen LogP contribution in [0, 0.1) is 0 Å². The summed E-state index contributed by atoms with van der Waals surface area (Å²) in [6.07, 6.45) is 0.974. The topological polar surface area (TPSA) is 44.8 Å². The number of rotatable bonds is 2. The zero-order valence-corrected chi connectivity index (χ0v) is 11.9. The number of nitrogens with one attached hydrogen (secondary N) is 1. The first-order chi connectivity index (χ1) is 8.44. The van der Waals surface area contributed by atoms with E-state index in [1.54, 1.807) is 7.11 Å². The van der Waals surface area contributed by atoms with Crippen molar-refractivity contribution in [3.63, 3.8) is 0 Å². The second-order valence-electron chi connectivity index (χ2n) is 6.05.